The van der Waals surface area contributed by atoms with Crippen LogP contribution in [-0.4, -0.2) is 49.6 Å². The molecular formula is C20H31N3O. The van der Waals surface area contributed by atoms with Crippen LogP contribution in [0, 0.1) is 5.92 Å². The van der Waals surface area contributed by atoms with Crippen LogP contribution in [0.4, 0.5) is 4.79 Å². The molecule has 1 aromatic rings. The second-order valence-corrected chi connectivity index (χ2v) is 7.62. The van der Waals surface area contributed by atoms with Gasteiger partial charge in [0.05, 0.1) is 0 Å². The van der Waals surface area contributed by atoms with E-state index in [2.05, 4.69) is 54.6 Å². The monoisotopic (exact) mass is 329 g/mol. The quantitative estimate of drug-likeness (QED) is 0.918. The summed E-state index contributed by atoms with van der Waals surface area (Å²) in [5.74, 6) is 0.605. The predicted molar refractivity (Wildman–Crippen MR) is 98.0 cm³/mol. The number of nitrogens with zero attached hydrogens (tertiary/aromatic N) is 2. The normalized spacial score (nSPS) is 27.5. The Kier molecular flexibility index (Phi) is 5.44. The Morgan fingerprint density at radius 2 is 1.79 bits per heavy atom. The van der Waals surface area contributed by atoms with Crippen molar-refractivity contribution in [3.05, 3.63) is 35.9 Å². The van der Waals surface area contributed by atoms with E-state index in [0.717, 1.165) is 45.3 Å². The molecule has 1 N–H and O–H groups in total. The highest BCUT2D eigenvalue weighted by atomic mass is 16.2. The molecule has 4 nitrogen and oxygen atoms in total. The van der Waals surface area contributed by atoms with Crippen LogP contribution in [0.1, 0.15) is 44.1 Å². The van der Waals surface area contributed by atoms with E-state index in [9.17, 15) is 4.79 Å². The van der Waals surface area contributed by atoms with Gasteiger partial charge in [-0.1, -0.05) is 30.3 Å². The van der Waals surface area contributed by atoms with E-state index in [4.69, 9.17) is 0 Å². The molecule has 1 saturated carbocycles. The van der Waals surface area contributed by atoms with Gasteiger partial charge in [0.2, 0.25) is 0 Å². The average molecular weight is 329 g/mol. The van der Waals surface area contributed by atoms with E-state index in [1.54, 1.807) is 0 Å². The third-order valence-electron chi connectivity index (χ3n) is 6.03. The van der Waals surface area contributed by atoms with Crippen LogP contribution in [0.5, 0.6) is 0 Å². The summed E-state index contributed by atoms with van der Waals surface area (Å²) in [6.07, 6.45) is 6.97. The largest absolute Gasteiger partial charge is 0.338 e. The molecule has 1 aliphatic carbocycles. The van der Waals surface area contributed by atoms with Crippen LogP contribution < -0.4 is 5.32 Å². The summed E-state index contributed by atoms with van der Waals surface area (Å²) in [5, 5.41) is 3.16. The standard InChI is InChI=1S/C20H31N3O/c1-22(2)20(18-8-4-3-5-9-18)12-10-17(11-13-20)16-21-19(24)23-14-6-7-15-23/h3-5,8-9,17H,6-7,10-16H2,1-2H3,(H,21,24). The van der Waals surface area contributed by atoms with Gasteiger partial charge < -0.3 is 10.2 Å². The fourth-order valence-corrected chi connectivity index (χ4v) is 4.37. The third kappa shape index (κ3) is 3.59. The number of hydrogen-bond donors (Lipinski definition) is 1. The van der Waals surface area contributed by atoms with Crippen LogP contribution in [0.25, 0.3) is 0 Å². The lowest BCUT2D eigenvalue weighted by Gasteiger charge is -2.45. The maximum atomic E-state index is 12.2. The van der Waals surface area contributed by atoms with E-state index in [1.165, 1.54) is 18.4 Å². The Hall–Kier alpha value is -1.55. The molecule has 1 saturated heterocycles. The number of hydrogen-bond acceptors (Lipinski definition) is 2. The number of benzene rings is 1. The van der Waals surface area contributed by atoms with E-state index >= 15 is 0 Å². The van der Waals surface area contributed by atoms with E-state index in [0.29, 0.717) is 5.92 Å². The molecule has 0 radical (unpaired) electrons. The predicted octanol–water partition coefficient (Wildman–Crippen LogP) is 3.44. The van der Waals surface area contributed by atoms with Gasteiger partial charge in [0, 0.05) is 25.2 Å². The van der Waals surface area contributed by atoms with Crippen molar-refractivity contribution in [3.8, 4) is 0 Å². The summed E-state index contributed by atoms with van der Waals surface area (Å²) in [6, 6.07) is 11.0. The first kappa shape index (κ1) is 17.3. The van der Waals surface area contributed by atoms with Crippen molar-refractivity contribution >= 4 is 6.03 Å². The van der Waals surface area contributed by atoms with Gasteiger partial charge in [-0.3, -0.25) is 4.90 Å². The first-order valence-corrected chi connectivity index (χ1v) is 9.37. The van der Waals surface area contributed by atoms with Crippen LogP contribution >= 0.6 is 0 Å². The highest BCUT2D eigenvalue weighted by molar-refractivity contribution is 5.74. The smallest absolute Gasteiger partial charge is 0.317 e. The van der Waals surface area contributed by atoms with Crippen LogP contribution in [0.3, 0.4) is 0 Å². The lowest BCUT2D eigenvalue weighted by molar-refractivity contribution is 0.0772. The van der Waals surface area contributed by atoms with Crippen molar-refractivity contribution in [2.24, 2.45) is 5.92 Å². The van der Waals surface area contributed by atoms with Gasteiger partial charge in [-0.05, 0) is 64.1 Å². The molecule has 1 heterocycles. The highest BCUT2D eigenvalue weighted by Gasteiger charge is 2.38. The molecule has 24 heavy (non-hydrogen) atoms. The lowest BCUT2D eigenvalue weighted by Crippen LogP contribution is -2.46. The fourth-order valence-electron chi connectivity index (χ4n) is 4.37. The number of nitrogens with one attached hydrogen (secondary N) is 1. The SMILES string of the molecule is CN(C)C1(c2ccccc2)CCC(CNC(=O)N2CCCC2)CC1. The number of amides is 2. The van der Waals surface area contributed by atoms with Crippen LogP contribution in [0.15, 0.2) is 30.3 Å². The Labute approximate surface area is 146 Å². The van der Waals surface area contributed by atoms with Crippen molar-refractivity contribution in [1.82, 2.24) is 15.1 Å². The molecule has 0 spiro atoms. The number of likely N-dealkylation sites (tertiary alicyclic amines) is 1. The first-order chi connectivity index (χ1) is 11.6. The molecular weight excluding hydrogens is 298 g/mol. The van der Waals surface area contributed by atoms with Crippen LogP contribution in [0.2, 0.25) is 0 Å². The number of carbonyl (C=O) groups is 1. The molecule has 0 atom stereocenters. The zero-order valence-corrected chi connectivity index (χ0v) is 15.1. The molecule has 2 amide bonds. The highest BCUT2D eigenvalue weighted by Crippen LogP contribution is 2.42. The molecule has 2 fully saturated rings. The summed E-state index contributed by atoms with van der Waals surface area (Å²) in [4.78, 5) is 16.5. The van der Waals surface area contributed by atoms with Gasteiger partial charge in [-0.2, -0.15) is 0 Å². The molecule has 2 aliphatic rings. The molecule has 0 bridgehead atoms. The van der Waals surface area contributed by atoms with Gasteiger partial charge >= 0.3 is 6.03 Å². The zero-order chi connectivity index (χ0) is 17.0. The summed E-state index contributed by atoms with van der Waals surface area (Å²) < 4.78 is 0. The van der Waals surface area contributed by atoms with Gasteiger partial charge in [-0.25, -0.2) is 4.79 Å². The lowest BCUT2D eigenvalue weighted by atomic mass is 9.72. The molecule has 4 heteroatoms. The minimum absolute atomic E-state index is 0.139. The van der Waals surface area contributed by atoms with E-state index in [1.807, 2.05) is 4.90 Å². The molecule has 1 aliphatic heterocycles. The van der Waals surface area contributed by atoms with Crippen molar-refractivity contribution in [1.29, 1.82) is 0 Å². The number of carbonyl (C=O) groups excluding carboxylic acids is 1. The Bertz CT molecular complexity index is 529. The van der Waals surface area contributed by atoms with Crippen molar-refractivity contribution in [2.45, 2.75) is 44.1 Å². The summed E-state index contributed by atoms with van der Waals surface area (Å²) in [5.41, 5.74) is 1.58. The maximum absolute atomic E-state index is 12.2. The topological polar surface area (TPSA) is 35.6 Å². The Balaban J connectivity index is 1.55. The van der Waals surface area contributed by atoms with Gasteiger partial charge in [0.25, 0.3) is 0 Å². The van der Waals surface area contributed by atoms with Gasteiger partial charge in [0.15, 0.2) is 0 Å². The summed E-state index contributed by atoms with van der Waals surface area (Å²) >= 11 is 0. The minimum atomic E-state index is 0.139. The number of rotatable bonds is 4. The average Bonchev–Trinajstić information content (AvgIpc) is 3.15. The zero-order valence-electron chi connectivity index (χ0n) is 15.1. The Morgan fingerprint density at radius 3 is 2.38 bits per heavy atom. The van der Waals surface area contributed by atoms with Crippen molar-refractivity contribution < 1.29 is 4.79 Å². The molecule has 132 valence electrons. The van der Waals surface area contributed by atoms with Crippen molar-refractivity contribution in [2.75, 3.05) is 33.7 Å². The minimum Gasteiger partial charge on any atom is -0.338 e. The Morgan fingerprint density at radius 1 is 1.17 bits per heavy atom. The number of urea groups is 1. The molecule has 1 aromatic carbocycles. The molecule has 3 rings (SSSR count). The van der Waals surface area contributed by atoms with E-state index < -0.39 is 0 Å². The second kappa shape index (κ2) is 7.56. The van der Waals surface area contributed by atoms with Crippen molar-refractivity contribution in [3.63, 3.8) is 0 Å². The fraction of sp³-hybridized carbons (Fsp3) is 0.650. The van der Waals surface area contributed by atoms with Crippen LogP contribution in [-0.2, 0) is 5.54 Å². The van der Waals surface area contributed by atoms with Gasteiger partial charge in [0.1, 0.15) is 0 Å². The third-order valence-corrected chi connectivity index (χ3v) is 6.03. The molecule has 0 aromatic heterocycles. The van der Waals surface area contributed by atoms with Gasteiger partial charge in [-0.15, -0.1) is 0 Å². The second-order valence-electron chi connectivity index (χ2n) is 7.62. The summed E-state index contributed by atoms with van der Waals surface area (Å²) in [7, 11) is 4.39. The molecule has 0 unspecified atom stereocenters. The first-order valence-electron chi connectivity index (χ1n) is 9.37. The van der Waals surface area contributed by atoms with E-state index in [-0.39, 0.29) is 11.6 Å². The maximum Gasteiger partial charge on any atom is 0.317 e. The summed E-state index contributed by atoms with van der Waals surface area (Å²) in [6.45, 7) is 2.68.